The van der Waals surface area contributed by atoms with E-state index in [9.17, 15) is 13.2 Å². The molecule has 2 aromatic carbocycles. The van der Waals surface area contributed by atoms with E-state index in [2.05, 4.69) is 9.46 Å². The lowest BCUT2D eigenvalue weighted by Gasteiger charge is -2.10. The topological polar surface area (TPSA) is 72.5 Å². The van der Waals surface area contributed by atoms with Crippen molar-refractivity contribution in [3.63, 3.8) is 0 Å². The maximum Gasteiger partial charge on any atom is 0.338 e. The molecule has 0 amide bonds. The third-order valence-electron chi connectivity index (χ3n) is 3.74. The molecule has 0 aliphatic heterocycles. The maximum atomic E-state index is 12.4. The smallest absolute Gasteiger partial charge is 0.338 e. The molecule has 0 atom stereocenters. The van der Waals surface area contributed by atoms with Crippen molar-refractivity contribution in [1.82, 2.24) is 4.72 Å². The van der Waals surface area contributed by atoms with Gasteiger partial charge in [0.1, 0.15) is 0 Å². The molecular weight excluding hydrogens is 429 g/mol. The SMILES string of the molecule is COC(=O)c1cc(S(=O)(=O)NCCSCc2ccc(Cl)cc2Cl)ccc1C. The molecule has 0 bridgehead atoms. The second-order valence-corrected chi connectivity index (χ2v) is 9.37. The second-order valence-electron chi connectivity index (χ2n) is 5.65. The average molecular weight is 448 g/mol. The minimum absolute atomic E-state index is 0.0271. The summed E-state index contributed by atoms with van der Waals surface area (Å²) in [5.74, 6) is 0.641. The molecule has 2 aromatic rings. The van der Waals surface area contributed by atoms with Crippen molar-refractivity contribution in [3.8, 4) is 0 Å². The van der Waals surface area contributed by atoms with Crippen LogP contribution in [0, 0.1) is 6.92 Å². The number of hydrogen-bond donors (Lipinski definition) is 1. The van der Waals surface area contributed by atoms with Crippen LogP contribution in [0.3, 0.4) is 0 Å². The Kier molecular flexibility index (Phi) is 8.00. The number of sulfonamides is 1. The van der Waals surface area contributed by atoms with Gasteiger partial charge in [-0.05, 0) is 42.3 Å². The predicted octanol–water partition coefficient (Wildman–Crippen LogP) is 4.30. The number of aryl methyl sites for hydroxylation is 1. The van der Waals surface area contributed by atoms with E-state index in [1.54, 1.807) is 36.9 Å². The van der Waals surface area contributed by atoms with E-state index in [1.807, 2.05) is 6.07 Å². The fourth-order valence-corrected chi connectivity index (χ4v) is 4.85. The highest BCUT2D eigenvalue weighted by atomic mass is 35.5. The van der Waals surface area contributed by atoms with Crippen LogP contribution in [0.25, 0.3) is 0 Å². The first kappa shape index (κ1) is 22.0. The van der Waals surface area contributed by atoms with E-state index >= 15 is 0 Å². The zero-order valence-electron chi connectivity index (χ0n) is 14.8. The molecule has 146 valence electrons. The Morgan fingerprint density at radius 3 is 2.59 bits per heavy atom. The van der Waals surface area contributed by atoms with Crippen molar-refractivity contribution in [2.45, 2.75) is 17.6 Å². The van der Waals surface area contributed by atoms with Gasteiger partial charge < -0.3 is 4.74 Å². The van der Waals surface area contributed by atoms with Gasteiger partial charge in [-0.1, -0.05) is 35.3 Å². The predicted molar refractivity (Wildman–Crippen MR) is 110 cm³/mol. The molecule has 0 spiro atoms. The Hall–Kier alpha value is -1.25. The largest absolute Gasteiger partial charge is 0.465 e. The van der Waals surface area contributed by atoms with Crippen LogP contribution in [0.4, 0.5) is 0 Å². The summed E-state index contributed by atoms with van der Waals surface area (Å²) in [6.07, 6.45) is 0. The maximum absolute atomic E-state index is 12.4. The van der Waals surface area contributed by atoms with E-state index in [-0.39, 0.29) is 17.0 Å². The molecule has 5 nitrogen and oxygen atoms in total. The van der Waals surface area contributed by atoms with Crippen molar-refractivity contribution in [2.75, 3.05) is 19.4 Å². The molecule has 0 saturated heterocycles. The molecule has 0 unspecified atom stereocenters. The Bertz CT molecular complexity index is 933. The first-order chi connectivity index (χ1) is 12.7. The average Bonchev–Trinajstić information content (AvgIpc) is 2.62. The van der Waals surface area contributed by atoms with Gasteiger partial charge in [-0.3, -0.25) is 0 Å². The zero-order chi connectivity index (χ0) is 20.0. The zero-order valence-corrected chi connectivity index (χ0v) is 17.9. The van der Waals surface area contributed by atoms with Crippen LogP contribution >= 0.6 is 35.0 Å². The molecule has 0 radical (unpaired) electrons. The van der Waals surface area contributed by atoms with Gasteiger partial charge in [0.25, 0.3) is 0 Å². The van der Waals surface area contributed by atoms with Gasteiger partial charge in [-0.2, -0.15) is 11.8 Å². The number of methoxy groups -OCH3 is 1. The van der Waals surface area contributed by atoms with Gasteiger partial charge in [-0.25, -0.2) is 17.9 Å². The van der Waals surface area contributed by atoms with Gasteiger partial charge in [0.05, 0.1) is 17.6 Å². The highest BCUT2D eigenvalue weighted by molar-refractivity contribution is 7.98. The van der Waals surface area contributed by atoms with Gasteiger partial charge in [-0.15, -0.1) is 0 Å². The third kappa shape index (κ3) is 6.12. The molecule has 1 N–H and O–H groups in total. The van der Waals surface area contributed by atoms with E-state index < -0.39 is 16.0 Å². The number of carbonyl (C=O) groups excluding carboxylic acids is 1. The summed E-state index contributed by atoms with van der Waals surface area (Å²) < 4.78 is 32.1. The summed E-state index contributed by atoms with van der Waals surface area (Å²) >= 11 is 13.5. The van der Waals surface area contributed by atoms with Crippen molar-refractivity contribution in [3.05, 3.63) is 63.1 Å². The summed E-state index contributed by atoms with van der Waals surface area (Å²) in [6.45, 7) is 1.97. The third-order valence-corrected chi connectivity index (χ3v) is 6.79. The van der Waals surface area contributed by atoms with Crippen LogP contribution in [-0.4, -0.2) is 33.8 Å². The summed E-state index contributed by atoms with van der Waals surface area (Å²) in [4.78, 5) is 11.8. The Labute approximate surface area is 173 Å². The molecule has 0 saturated carbocycles. The molecule has 0 fully saturated rings. The normalized spacial score (nSPS) is 11.4. The first-order valence-corrected chi connectivity index (χ1v) is 11.3. The molecule has 0 aromatic heterocycles. The number of ether oxygens (including phenoxy) is 1. The van der Waals surface area contributed by atoms with Crippen LogP contribution in [0.15, 0.2) is 41.3 Å². The van der Waals surface area contributed by atoms with Gasteiger partial charge in [0.2, 0.25) is 10.0 Å². The number of hydrogen-bond acceptors (Lipinski definition) is 5. The number of benzene rings is 2. The summed E-state index contributed by atoms with van der Waals surface area (Å²) in [7, 11) is -2.46. The Morgan fingerprint density at radius 2 is 1.93 bits per heavy atom. The number of esters is 1. The Balaban J connectivity index is 1.92. The number of rotatable bonds is 8. The summed E-state index contributed by atoms with van der Waals surface area (Å²) in [5, 5.41) is 1.16. The fourth-order valence-electron chi connectivity index (χ4n) is 2.25. The standard InChI is InChI=1S/C18H19Cl2NO4S2/c1-12-3-6-15(10-16(12)18(22)25-2)27(23,24)21-7-8-26-11-13-4-5-14(19)9-17(13)20/h3-6,9-10,21H,7-8,11H2,1-2H3. The Morgan fingerprint density at radius 1 is 1.19 bits per heavy atom. The molecule has 27 heavy (non-hydrogen) atoms. The van der Waals surface area contributed by atoms with Gasteiger partial charge in [0.15, 0.2) is 0 Å². The van der Waals surface area contributed by atoms with Gasteiger partial charge in [0, 0.05) is 28.1 Å². The molecule has 2 rings (SSSR count). The van der Waals surface area contributed by atoms with E-state index in [0.29, 0.717) is 27.1 Å². The number of halogens is 2. The molecule has 0 aliphatic rings. The molecular formula is C18H19Cl2NO4S2. The minimum Gasteiger partial charge on any atom is -0.465 e. The summed E-state index contributed by atoms with van der Waals surface area (Å²) in [6, 6.07) is 9.66. The lowest BCUT2D eigenvalue weighted by atomic mass is 10.1. The van der Waals surface area contributed by atoms with Crippen molar-refractivity contribution < 1.29 is 17.9 Å². The van der Waals surface area contributed by atoms with Crippen molar-refractivity contribution in [2.24, 2.45) is 0 Å². The first-order valence-electron chi connectivity index (χ1n) is 7.95. The van der Waals surface area contributed by atoms with E-state index in [1.165, 1.54) is 19.2 Å². The fraction of sp³-hybridized carbons (Fsp3) is 0.278. The van der Waals surface area contributed by atoms with Crippen LogP contribution < -0.4 is 4.72 Å². The summed E-state index contributed by atoms with van der Waals surface area (Å²) in [5.41, 5.74) is 1.82. The van der Waals surface area contributed by atoms with Gasteiger partial charge >= 0.3 is 5.97 Å². The lowest BCUT2D eigenvalue weighted by molar-refractivity contribution is 0.0599. The lowest BCUT2D eigenvalue weighted by Crippen LogP contribution is -2.26. The quantitative estimate of drug-likeness (QED) is 0.482. The monoisotopic (exact) mass is 447 g/mol. The van der Waals surface area contributed by atoms with E-state index in [0.717, 1.165) is 5.56 Å². The molecule has 0 aliphatic carbocycles. The second kappa shape index (κ2) is 9.80. The van der Waals surface area contributed by atoms with Crippen LogP contribution in [0.2, 0.25) is 10.0 Å². The number of thioether (sulfide) groups is 1. The minimum atomic E-state index is -3.71. The molecule has 0 heterocycles. The number of nitrogens with one attached hydrogen (secondary N) is 1. The number of carbonyl (C=O) groups is 1. The molecule has 9 heteroatoms. The van der Waals surface area contributed by atoms with Crippen LogP contribution in [-0.2, 0) is 20.5 Å². The van der Waals surface area contributed by atoms with Crippen LogP contribution in [0.5, 0.6) is 0 Å². The highest BCUT2D eigenvalue weighted by Gasteiger charge is 2.18. The van der Waals surface area contributed by atoms with Crippen molar-refractivity contribution in [1.29, 1.82) is 0 Å². The highest BCUT2D eigenvalue weighted by Crippen LogP contribution is 2.24. The van der Waals surface area contributed by atoms with E-state index in [4.69, 9.17) is 23.2 Å². The van der Waals surface area contributed by atoms with Crippen LogP contribution in [0.1, 0.15) is 21.5 Å². The van der Waals surface area contributed by atoms with Crippen molar-refractivity contribution >= 4 is 51.0 Å².